The highest BCUT2D eigenvalue weighted by molar-refractivity contribution is 7.51. The number of hydrogen-bond acceptors (Lipinski definition) is 9. The van der Waals surface area contributed by atoms with Crippen LogP contribution in [0.3, 0.4) is 0 Å². The molecule has 3 aromatic heterocycles. The van der Waals surface area contributed by atoms with E-state index in [4.69, 9.17) is 8.42 Å². The number of aryl methyl sites for hydroxylation is 2. The average Bonchev–Trinajstić information content (AvgIpc) is 3.32. The van der Waals surface area contributed by atoms with E-state index in [9.17, 15) is 4.39 Å². The zero-order chi connectivity index (χ0) is 25.5. The molecular weight excluding hydrogens is 483 g/mol. The Morgan fingerprint density at radius 3 is 2.47 bits per heavy atom. The highest BCUT2D eigenvalue weighted by Gasteiger charge is 2.25. The summed E-state index contributed by atoms with van der Waals surface area (Å²) in [5.41, 5.74) is 3.17. The van der Waals surface area contributed by atoms with Gasteiger partial charge in [0.25, 0.3) is 0 Å². The van der Waals surface area contributed by atoms with Gasteiger partial charge in [0, 0.05) is 25.5 Å². The third-order valence-electron chi connectivity index (χ3n) is 6.09. The molecule has 0 bridgehead atoms. The van der Waals surface area contributed by atoms with E-state index in [0.29, 0.717) is 11.5 Å². The van der Waals surface area contributed by atoms with Crippen molar-refractivity contribution in [2.75, 3.05) is 23.3 Å². The standard InChI is InChI=1S/C24H27FN8.O2S/c1-3-4-17-12-26-24(27-13-17)32-9-7-18(8-10-32)33-23-19(14-30-33)22(28-15-29-23)31-21-6-5-16(2)11-20(21)25;1-3-2/h5-6,11-15,18H,3-4,7-10H2,1-2H3,(H,28,29,31);. The zero-order valence-electron chi connectivity index (χ0n) is 20.1. The van der Waals surface area contributed by atoms with Gasteiger partial charge in [-0.15, -0.1) is 0 Å². The van der Waals surface area contributed by atoms with Crippen molar-refractivity contribution in [3.8, 4) is 0 Å². The summed E-state index contributed by atoms with van der Waals surface area (Å²) in [4.78, 5) is 20.1. The molecule has 12 heteroatoms. The van der Waals surface area contributed by atoms with Gasteiger partial charge in [-0.2, -0.15) is 13.5 Å². The van der Waals surface area contributed by atoms with Gasteiger partial charge in [0.05, 0.1) is 23.3 Å². The van der Waals surface area contributed by atoms with Crippen LogP contribution < -0.4 is 10.2 Å². The van der Waals surface area contributed by atoms with Crippen molar-refractivity contribution in [1.82, 2.24) is 29.7 Å². The molecule has 0 saturated carbocycles. The lowest BCUT2D eigenvalue weighted by Gasteiger charge is -2.32. The summed E-state index contributed by atoms with van der Waals surface area (Å²) in [5, 5.41) is 8.49. The quantitative estimate of drug-likeness (QED) is 0.411. The van der Waals surface area contributed by atoms with Gasteiger partial charge in [-0.25, -0.2) is 29.0 Å². The second kappa shape index (κ2) is 11.8. The number of aromatic nitrogens is 6. The molecule has 5 rings (SSSR count). The number of hydrogen-bond donors (Lipinski definition) is 1. The summed E-state index contributed by atoms with van der Waals surface area (Å²) in [6, 6.07) is 5.30. The maximum Gasteiger partial charge on any atom is 0.335 e. The van der Waals surface area contributed by atoms with Gasteiger partial charge in [-0.3, -0.25) is 0 Å². The summed E-state index contributed by atoms with van der Waals surface area (Å²) in [6.45, 7) is 5.72. The molecule has 1 aliphatic rings. The SMILES string of the molecule is CCCc1cnc(N2CCC(n3ncc4c(Nc5ccc(C)cc5F)ncnc43)CC2)nc1.O=S=O. The summed E-state index contributed by atoms with van der Waals surface area (Å²) < 4.78 is 32.9. The fraction of sp³-hybridized carbons (Fsp3) is 0.375. The number of nitrogens with zero attached hydrogens (tertiary/aromatic N) is 7. The second-order valence-corrected chi connectivity index (χ2v) is 8.72. The van der Waals surface area contributed by atoms with E-state index >= 15 is 0 Å². The molecule has 188 valence electrons. The zero-order valence-corrected chi connectivity index (χ0v) is 20.9. The van der Waals surface area contributed by atoms with E-state index in [-0.39, 0.29) is 11.9 Å². The van der Waals surface area contributed by atoms with E-state index < -0.39 is 11.6 Å². The topological polar surface area (TPSA) is 119 Å². The van der Waals surface area contributed by atoms with Gasteiger partial charge in [-0.05, 0) is 49.4 Å². The highest BCUT2D eigenvalue weighted by atomic mass is 32.1. The summed E-state index contributed by atoms with van der Waals surface area (Å²) in [6.07, 6.45) is 11.0. The first-order valence-electron chi connectivity index (χ1n) is 11.7. The third-order valence-corrected chi connectivity index (χ3v) is 6.09. The van der Waals surface area contributed by atoms with Crippen LogP contribution in [0.25, 0.3) is 11.0 Å². The first-order chi connectivity index (χ1) is 17.5. The Hall–Kier alpha value is -3.80. The molecule has 0 atom stereocenters. The minimum atomic E-state index is -0.750. The Kier molecular flexibility index (Phi) is 8.26. The lowest BCUT2D eigenvalue weighted by Crippen LogP contribution is -2.36. The molecule has 0 unspecified atom stereocenters. The Bertz CT molecular complexity index is 1350. The minimum Gasteiger partial charge on any atom is -0.341 e. The second-order valence-electron chi connectivity index (χ2n) is 8.58. The summed E-state index contributed by atoms with van der Waals surface area (Å²) >= 11 is -0.750. The Balaban J connectivity index is 0.000000967. The van der Waals surface area contributed by atoms with Crippen LogP contribution in [0.4, 0.5) is 21.8 Å². The molecule has 0 amide bonds. The van der Waals surface area contributed by atoms with Crippen molar-refractivity contribution in [2.45, 2.75) is 45.6 Å². The molecule has 1 fully saturated rings. The van der Waals surface area contributed by atoms with Crippen LogP contribution >= 0.6 is 0 Å². The lowest BCUT2D eigenvalue weighted by atomic mass is 10.1. The maximum atomic E-state index is 14.3. The van der Waals surface area contributed by atoms with Crippen LogP contribution in [0.15, 0.2) is 43.1 Å². The van der Waals surface area contributed by atoms with E-state index in [1.54, 1.807) is 12.3 Å². The van der Waals surface area contributed by atoms with Crippen molar-refractivity contribution < 1.29 is 12.8 Å². The number of nitrogens with one attached hydrogen (secondary N) is 1. The van der Waals surface area contributed by atoms with Crippen LogP contribution in [0.1, 0.15) is 43.4 Å². The largest absolute Gasteiger partial charge is 0.341 e. The van der Waals surface area contributed by atoms with E-state index in [0.717, 1.165) is 61.3 Å². The number of anilines is 3. The van der Waals surface area contributed by atoms with Crippen molar-refractivity contribution in [3.05, 3.63) is 60.1 Å². The highest BCUT2D eigenvalue weighted by Crippen LogP contribution is 2.30. The third kappa shape index (κ3) is 5.70. The summed E-state index contributed by atoms with van der Waals surface area (Å²) in [7, 11) is 0. The van der Waals surface area contributed by atoms with E-state index in [1.165, 1.54) is 18.0 Å². The molecule has 0 spiro atoms. The normalized spacial score (nSPS) is 13.8. The predicted molar refractivity (Wildman–Crippen MR) is 135 cm³/mol. The first kappa shape index (κ1) is 25.3. The molecule has 4 heterocycles. The van der Waals surface area contributed by atoms with Gasteiger partial charge in [0.15, 0.2) is 5.65 Å². The number of piperidine rings is 1. The Morgan fingerprint density at radius 2 is 1.81 bits per heavy atom. The van der Waals surface area contributed by atoms with Crippen molar-refractivity contribution in [2.24, 2.45) is 0 Å². The number of benzene rings is 1. The predicted octanol–water partition coefficient (Wildman–Crippen LogP) is 3.93. The Morgan fingerprint density at radius 1 is 1.08 bits per heavy atom. The molecule has 0 radical (unpaired) electrons. The van der Waals surface area contributed by atoms with Crippen LogP contribution in [-0.4, -0.2) is 51.2 Å². The van der Waals surface area contributed by atoms with E-state index in [1.807, 2.05) is 30.1 Å². The van der Waals surface area contributed by atoms with Crippen LogP contribution in [0.2, 0.25) is 0 Å². The van der Waals surface area contributed by atoms with Crippen molar-refractivity contribution >= 4 is 40.1 Å². The average molecular weight is 511 g/mol. The van der Waals surface area contributed by atoms with Gasteiger partial charge >= 0.3 is 11.6 Å². The molecule has 1 aliphatic heterocycles. The summed E-state index contributed by atoms with van der Waals surface area (Å²) in [5.74, 6) is 1.02. The first-order valence-corrected chi connectivity index (χ1v) is 12.4. The molecule has 4 aromatic rings. The molecular formula is C24H27FN8O2S. The molecule has 36 heavy (non-hydrogen) atoms. The van der Waals surface area contributed by atoms with Crippen LogP contribution in [0, 0.1) is 12.7 Å². The lowest BCUT2D eigenvalue weighted by molar-refractivity contribution is 0.372. The fourth-order valence-corrected chi connectivity index (χ4v) is 4.32. The number of rotatable bonds is 6. The smallest absolute Gasteiger partial charge is 0.335 e. The van der Waals surface area contributed by atoms with Crippen LogP contribution in [0.5, 0.6) is 0 Å². The van der Waals surface area contributed by atoms with Gasteiger partial charge in [0.2, 0.25) is 5.95 Å². The Labute approximate surface area is 211 Å². The van der Waals surface area contributed by atoms with Gasteiger partial charge in [0.1, 0.15) is 18.0 Å². The van der Waals surface area contributed by atoms with Gasteiger partial charge < -0.3 is 10.2 Å². The number of halogens is 1. The minimum absolute atomic E-state index is 0.219. The van der Waals surface area contributed by atoms with E-state index in [2.05, 4.69) is 42.2 Å². The van der Waals surface area contributed by atoms with Crippen molar-refractivity contribution in [3.63, 3.8) is 0 Å². The number of fused-ring (bicyclic) bond motifs is 1. The fourth-order valence-electron chi connectivity index (χ4n) is 4.32. The monoisotopic (exact) mass is 510 g/mol. The van der Waals surface area contributed by atoms with Crippen molar-refractivity contribution in [1.29, 1.82) is 0 Å². The molecule has 1 saturated heterocycles. The van der Waals surface area contributed by atoms with Gasteiger partial charge in [-0.1, -0.05) is 19.4 Å². The molecule has 1 aromatic carbocycles. The molecule has 10 nitrogen and oxygen atoms in total. The van der Waals surface area contributed by atoms with Crippen LogP contribution in [-0.2, 0) is 18.0 Å². The molecule has 1 N–H and O–H groups in total. The maximum absolute atomic E-state index is 14.3. The molecule has 0 aliphatic carbocycles.